The number of aliphatic imine (C=N–C) groups is 1. The number of carbonyl (C=O) groups excluding carboxylic acids is 1. The van der Waals surface area contributed by atoms with E-state index >= 15 is 0 Å². The van der Waals surface area contributed by atoms with Gasteiger partial charge in [-0.25, -0.2) is 13.2 Å². The van der Waals surface area contributed by atoms with Gasteiger partial charge in [0, 0.05) is 26.7 Å². The number of ether oxygens (including phenoxy) is 2. The molecule has 1 aliphatic rings. The summed E-state index contributed by atoms with van der Waals surface area (Å²) in [6.45, 7) is 4.69. The molecule has 0 spiro atoms. The molecule has 0 atom stereocenters. The van der Waals surface area contributed by atoms with E-state index in [4.69, 9.17) is 9.47 Å². The molecule has 1 aliphatic heterocycles. The second-order valence-corrected chi connectivity index (χ2v) is 9.67. The number of hydrogen-bond donors (Lipinski definition) is 1. The van der Waals surface area contributed by atoms with Crippen LogP contribution in [0.25, 0.3) is 0 Å². The Kier molecular flexibility index (Phi) is 6.35. The first-order chi connectivity index (χ1) is 12.6. The topological polar surface area (TPSA) is 97.3 Å². The Labute approximate surface area is 160 Å². The minimum absolute atomic E-state index is 0.0996. The molecule has 2 rings (SSSR count). The van der Waals surface area contributed by atoms with E-state index in [0.29, 0.717) is 36.9 Å². The van der Waals surface area contributed by atoms with Crippen LogP contribution < -0.4 is 10.1 Å². The van der Waals surface area contributed by atoms with Gasteiger partial charge in [-0.3, -0.25) is 4.99 Å². The fraction of sp³-hybridized carbons (Fsp3) is 0.556. The van der Waals surface area contributed by atoms with Gasteiger partial charge in [0.05, 0.1) is 24.7 Å². The Morgan fingerprint density at radius 2 is 2.04 bits per heavy atom. The highest BCUT2D eigenvalue weighted by Gasteiger charge is 2.40. The molecule has 8 nitrogen and oxygen atoms in total. The highest BCUT2D eigenvalue weighted by atomic mass is 32.2. The van der Waals surface area contributed by atoms with Gasteiger partial charge in [0.1, 0.15) is 11.3 Å². The molecular formula is C18H27N3O5S. The number of esters is 1. The zero-order valence-electron chi connectivity index (χ0n) is 16.4. The molecular weight excluding hydrogens is 370 g/mol. The van der Waals surface area contributed by atoms with Crippen molar-refractivity contribution in [1.82, 2.24) is 10.2 Å². The Balaban J connectivity index is 2.10. The van der Waals surface area contributed by atoms with E-state index in [1.807, 2.05) is 4.90 Å². The van der Waals surface area contributed by atoms with E-state index in [9.17, 15) is 13.2 Å². The summed E-state index contributed by atoms with van der Waals surface area (Å²) in [7, 11) is 1.37. The first-order valence-electron chi connectivity index (χ1n) is 8.58. The number of hydrogen-bond acceptors (Lipinski definition) is 6. The van der Waals surface area contributed by atoms with Crippen molar-refractivity contribution in [1.29, 1.82) is 0 Å². The summed E-state index contributed by atoms with van der Waals surface area (Å²) in [4.78, 5) is 18.0. The third kappa shape index (κ3) is 4.52. The molecule has 0 radical (unpaired) electrons. The van der Waals surface area contributed by atoms with Crippen LogP contribution in [0.3, 0.4) is 0 Å². The van der Waals surface area contributed by atoms with Crippen molar-refractivity contribution >= 4 is 21.8 Å². The number of sulfone groups is 1. The summed E-state index contributed by atoms with van der Waals surface area (Å²) in [6.07, 6.45) is 0. The lowest BCUT2D eigenvalue weighted by atomic mass is 10.1. The summed E-state index contributed by atoms with van der Waals surface area (Å²) >= 11 is 0. The number of nitrogens with zero attached hydrogens (tertiary/aromatic N) is 2. The van der Waals surface area contributed by atoms with Crippen LogP contribution in [0.15, 0.2) is 23.2 Å². The number of methoxy groups -OCH3 is 2. The molecule has 1 saturated heterocycles. The van der Waals surface area contributed by atoms with Crippen LogP contribution in [0.1, 0.15) is 29.8 Å². The monoisotopic (exact) mass is 397 g/mol. The number of nitrogens with one attached hydrogen (secondary N) is 1. The molecule has 0 unspecified atom stereocenters. The van der Waals surface area contributed by atoms with Crippen molar-refractivity contribution in [3.8, 4) is 5.75 Å². The van der Waals surface area contributed by atoms with Gasteiger partial charge in [0.25, 0.3) is 0 Å². The molecule has 1 fully saturated rings. The highest BCUT2D eigenvalue weighted by Crippen LogP contribution is 2.24. The van der Waals surface area contributed by atoms with Crippen LogP contribution >= 0.6 is 0 Å². The van der Waals surface area contributed by atoms with Crippen LogP contribution in [-0.4, -0.2) is 70.1 Å². The minimum atomic E-state index is -3.11. The van der Waals surface area contributed by atoms with E-state index < -0.39 is 20.6 Å². The predicted molar refractivity (Wildman–Crippen MR) is 104 cm³/mol. The molecule has 9 heteroatoms. The second kappa shape index (κ2) is 8.16. The molecule has 1 N–H and O–H groups in total. The molecule has 27 heavy (non-hydrogen) atoms. The third-order valence-electron chi connectivity index (χ3n) is 4.68. The number of guanidine groups is 1. The molecule has 1 aromatic rings. The average molecular weight is 397 g/mol. The second-order valence-electron chi connectivity index (χ2n) is 6.93. The van der Waals surface area contributed by atoms with Crippen LogP contribution in [0.4, 0.5) is 0 Å². The smallest absolute Gasteiger partial charge is 0.341 e. The van der Waals surface area contributed by atoms with E-state index in [-0.39, 0.29) is 5.75 Å². The summed E-state index contributed by atoms with van der Waals surface area (Å²) in [6, 6.07) is 5.22. The lowest BCUT2D eigenvalue weighted by Gasteiger charge is -2.39. The van der Waals surface area contributed by atoms with Crippen molar-refractivity contribution in [3.63, 3.8) is 0 Å². The van der Waals surface area contributed by atoms with Crippen LogP contribution in [0.2, 0.25) is 0 Å². The predicted octanol–water partition coefficient (Wildman–Crippen LogP) is 1.07. The van der Waals surface area contributed by atoms with Crippen LogP contribution in [0.5, 0.6) is 5.75 Å². The molecule has 0 saturated carbocycles. The lowest BCUT2D eigenvalue weighted by Crippen LogP contribution is -2.57. The van der Waals surface area contributed by atoms with Gasteiger partial charge in [0.2, 0.25) is 0 Å². The largest absolute Gasteiger partial charge is 0.496 e. The molecule has 150 valence electrons. The standard InChI is InChI=1S/C18H27N3O5S/c1-18(2)12-21(8-9-27(18,23)24)17(19-3)20-11-13-6-7-14(16(22)26-5)15(10-13)25-4/h6-7,10H,8-9,11-12H2,1-5H3,(H,19,20). The molecule has 0 amide bonds. The van der Waals surface area contributed by atoms with Crippen molar-refractivity contribution < 1.29 is 22.7 Å². The molecule has 1 aromatic carbocycles. The van der Waals surface area contributed by atoms with Crippen LogP contribution in [0, 0.1) is 0 Å². The third-order valence-corrected chi connectivity index (χ3v) is 7.21. The fourth-order valence-corrected chi connectivity index (χ4v) is 4.33. The summed E-state index contributed by atoms with van der Waals surface area (Å²) in [5.41, 5.74) is 1.25. The number of rotatable bonds is 4. The Bertz CT molecular complexity index is 833. The van der Waals surface area contributed by atoms with E-state index in [1.54, 1.807) is 39.1 Å². The Morgan fingerprint density at radius 1 is 1.33 bits per heavy atom. The summed E-state index contributed by atoms with van der Waals surface area (Å²) in [5, 5.41) is 3.24. The molecule has 0 bridgehead atoms. The maximum Gasteiger partial charge on any atom is 0.341 e. The Morgan fingerprint density at radius 3 is 2.59 bits per heavy atom. The van der Waals surface area contributed by atoms with Crippen molar-refractivity contribution in [2.45, 2.75) is 25.1 Å². The summed E-state index contributed by atoms with van der Waals surface area (Å²) in [5.74, 6) is 0.705. The zero-order valence-corrected chi connectivity index (χ0v) is 17.2. The maximum absolute atomic E-state index is 12.2. The van der Waals surface area contributed by atoms with Gasteiger partial charge in [-0.1, -0.05) is 6.07 Å². The highest BCUT2D eigenvalue weighted by molar-refractivity contribution is 7.92. The van der Waals surface area contributed by atoms with Gasteiger partial charge in [-0.05, 0) is 31.5 Å². The number of carbonyl (C=O) groups is 1. The zero-order chi connectivity index (χ0) is 20.2. The SMILES string of the molecule is CN=C(NCc1ccc(C(=O)OC)c(OC)c1)N1CCS(=O)(=O)C(C)(C)C1. The van der Waals surface area contributed by atoms with Gasteiger partial charge < -0.3 is 19.7 Å². The van der Waals surface area contributed by atoms with Crippen LogP contribution in [-0.2, 0) is 21.1 Å². The van der Waals surface area contributed by atoms with Gasteiger partial charge in [0.15, 0.2) is 15.8 Å². The summed E-state index contributed by atoms with van der Waals surface area (Å²) < 4.78 is 33.6. The Hall–Kier alpha value is -2.29. The maximum atomic E-state index is 12.2. The van der Waals surface area contributed by atoms with E-state index in [1.165, 1.54) is 14.2 Å². The first-order valence-corrected chi connectivity index (χ1v) is 10.2. The van der Waals surface area contributed by atoms with E-state index in [2.05, 4.69) is 10.3 Å². The lowest BCUT2D eigenvalue weighted by molar-refractivity contribution is 0.0597. The number of benzene rings is 1. The molecule has 1 heterocycles. The average Bonchev–Trinajstić information content (AvgIpc) is 2.64. The quantitative estimate of drug-likeness (QED) is 0.461. The van der Waals surface area contributed by atoms with Crippen molar-refractivity contribution in [2.75, 3.05) is 40.1 Å². The molecule has 0 aliphatic carbocycles. The first kappa shape index (κ1) is 21.0. The van der Waals surface area contributed by atoms with Gasteiger partial charge >= 0.3 is 5.97 Å². The fourth-order valence-electron chi connectivity index (χ4n) is 2.96. The van der Waals surface area contributed by atoms with E-state index in [0.717, 1.165) is 5.56 Å². The van der Waals surface area contributed by atoms with Crippen molar-refractivity contribution in [2.24, 2.45) is 4.99 Å². The van der Waals surface area contributed by atoms with Crippen molar-refractivity contribution in [3.05, 3.63) is 29.3 Å². The normalized spacial score (nSPS) is 18.7. The van der Waals surface area contributed by atoms with Gasteiger partial charge in [-0.2, -0.15) is 0 Å². The molecule has 0 aromatic heterocycles. The minimum Gasteiger partial charge on any atom is -0.496 e. The van der Waals surface area contributed by atoms with Gasteiger partial charge in [-0.15, -0.1) is 0 Å².